The summed E-state index contributed by atoms with van der Waals surface area (Å²) >= 11 is 0. The number of likely N-dealkylation sites (tertiary alicyclic amines) is 1. The molecule has 1 saturated carbocycles. The molecule has 0 unspecified atom stereocenters. The third-order valence-electron chi connectivity index (χ3n) is 5.18. The molecule has 2 aliphatic rings. The van der Waals surface area contributed by atoms with E-state index in [1.165, 1.54) is 64.5 Å². The predicted octanol–water partition coefficient (Wildman–Crippen LogP) is 2.03. The Morgan fingerprint density at radius 1 is 1.15 bits per heavy atom. The Morgan fingerprint density at radius 3 is 2.35 bits per heavy atom. The number of carbonyl (C=O) groups excluding carboxylic acids is 1. The van der Waals surface area contributed by atoms with Crippen molar-refractivity contribution in [2.75, 3.05) is 19.6 Å². The maximum atomic E-state index is 12.0. The molecule has 4 heteroatoms. The third-order valence-corrected chi connectivity index (χ3v) is 5.18. The van der Waals surface area contributed by atoms with E-state index in [2.05, 4.69) is 10.2 Å². The van der Waals surface area contributed by atoms with Crippen molar-refractivity contribution < 1.29 is 4.79 Å². The highest BCUT2D eigenvalue weighted by molar-refractivity contribution is 5.81. The van der Waals surface area contributed by atoms with E-state index in [1.807, 2.05) is 6.92 Å². The minimum absolute atomic E-state index is 0.0226. The molecule has 1 amide bonds. The molecule has 3 N–H and O–H groups in total. The van der Waals surface area contributed by atoms with Crippen LogP contribution in [0.4, 0.5) is 0 Å². The van der Waals surface area contributed by atoms with Crippen LogP contribution in [0.25, 0.3) is 0 Å². The Bertz CT molecular complexity index is 307. The number of hydrogen-bond acceptors (Lipinski definition) is 3. The number of amides is 1. The number of nitrogens with one attached hydrogen (secondary N) is 1. The largest absolute Gasteiger partial charge is 0.353 e. The van der Waals surface area contributed by atoms with Crippen LogP contribution in [0.3, 0.4) is 0 Å². The number of carbonyl (C=O) groups is 1. The molecule has 0 bridgehead atoms. The predicted molar refractivity (Wildman–Crippen MR) is 82.5 cm³/mol. The standard InChI is InChI=1S/C16H31N3O/c1-2-14(17)15(20)18-13-16(9-5-3-6-10-16)19-11-7-4-8-12-19/h14H,2-13,17H2,1H3,(H,18,20)/t14-/m1/s1. The van der Waals surface area contributed by atoms with Gasteiger partial charge >= 0.3 is 0 Å². The highest BCUT2D eigenvalue weighted by Crippen LogP contribution is 2.35. The van der Waals surface area contributed by atoms with Crippen LogP contribution in [0, 0.1) is 0 Å². The van der Waals surface area contributed by atoms with Crippen LogP contribution in [-0.4, -0.2) is 42.0 Å². The molecule has 1 saturated heterocycles. The normalized spacial score (nSPS) is 25.1. The lowest BCUT2D eigenvalue weighted by molar-refractivity contribution is -0.123. The van der Waals surface area contributed by atoms with Gasteiger partial charge in [0, 0.05) is 12.1 Å². The average Bonchev–Trinajstić information content (AvgIpc) is 2.53. The first-order chi connectivity index (χ1) is 9.68. The number of nitrogens with zero attached hydrogens (tertiary/aromatic N) is 1. The monoisotopic (exact) mass is 281 g/mol. The first-order valence-corrected chi connectivity index (χ1v) is 8.46. The molecule has 2 rings (SSSR count). The van der Waals surface area contributed by atoms with Crippen molar-refractivity contribution in [2.24, 2.45) is 5.73 Å². The maximum Gasteiger partial charge on any atom is 0.236 e. The summed E-state index contributed by atoms with van der Waals surface area (Å²) in [4.78, 5) is 14.6. The van der Waals surface area contributed by atoms with E-state index in [1.54, 1.807) is 0 Å². The highest BCUT2D eigenvalue weighted by atomic mass is 16.2. The lowest BCUT2D eigenvalue weighted by atomic mass is 9.79. The lowest BCUT2D eigenvalue weighted by Crippen LogP contribution is -2.59. The minimum atomic E-state index is -0.350. The molecule has 116 valence electrons. The molecule has 0 aromatic rings. The Kier molecular flexibility index (Phi) is 5.85. The second-order valence-corrected chi connectivity index (χ2v) is 6.57. The van der Waals surface area contributed by atoms with Crippen molar-refractivity contribution >= 4 is 5.91 Å². The number of nitrogens with two attached hydrogens (primary N) is 1. The molecule has 4 nitrogen and oxygen atoms in total. The van der Waals surface area contributed by atoms with Gasteiger partial charge in [0.25, 0.3) is 0 Å². The van der Waals surface area contributed by atoms with Crippen molar-refractivity contribution in [3.63, 3.8) is 0 Å². The third kappa shape index (κ3) is 3.73. The van der Waals surface area contributed by atoms with Gasteiger partial charge in [0.2, 0.25) is 5.91 Å². The zero-order chi connectivity index (χ0) is 14.4. The van der Waals surface area contributed by atoms with Crippen LogP contribution in [-0.2, 0) is 4.79 Å². The number of rotatable bonds is 5. The van der Waals surface area contributed by atoms with Crippen LogP contribution in [0.5, 0.6) is 0 Å². The summed E-state index contributed by atoms with van der Waals surface area (Å²) in [6, 6.07) is -0.350. The fraction of sp³-hybridized carbons (Fsp3) is 0.938. The summed E-state index contributed by atoms with van der Waals surface area (Å²) in [6.07, 6.45) is 11.1. The molecule has 1 aliphatic carbocycles. The molecule has 2 fully saturated rings. The van der Waals surface area contributed by atoms with Gasteiger partial charge in [0.1, 0.15) is 0 Å². The summed E-state index contributed by atoms with van der Waals surface area (Å²) < 4.78 is 0. The molecule has 20 heavy (non-hydrogen) atoms. The van der Waals surface area contributed by atoms with Gasteiger partial charge in [-0.2, -0.15) is 0 Å². The lowest BCUT2D eigenvalue weighted by Gasteiger charge is -2.48. The molecule has 0 aromatic heterocycles. The van der Waals surface area contributed by atoms with Crippen molar-refractivity contribution in [2.45, 2.75) is 76.3 Å². The van der Waals surface area contributed by atoms with Gasteiger partial charge in [-0.05, 0) is 45.2 Å². The van der Waals surface area contributed by atoms with Crippen LogP contribution in [0.1, 0.15) is 64.7 Å². The fourth-order valence-corrected chi connectivity index (χ4v) is 3.75. The van der Waals surface area contributed by atoms with Crippen LogP contribution < -0.4 is 11.1 Å². The molecule has 0 spiro atoms. The maximum absolute atomic E-state index is 12.0. The Morgan fingerprint density at radius 2 is 1.75 bits per heavy atom. The summed E-state index contributed by atoms with van der Waals surface area (Å²) in [5.41, 5.74) is 6.04. The molecular weight excluding hydrogens is 250 g/mol. The van der Waals surface area contributed by atoms with Gasteiger partial charge in [0.15, 0.2) is 0 Å². The summed E-state index contributed by atoms with van der Waals surface area (Å²) in [5, 5.41) is 3.14. The summed E-state index contributed by atoms with van der Waals surface area (Å²) in [7, 11) is 0. The molecule has 1 heterocycles. The summed E-state index contributed by atoms with van der Waals surface area (Å²) in [5.74, 6) is 0.0226. The van der Waals surface area contributed by atoms with E-state index < -0.39 is 0 Å². The Labute approximate surface area is 123 Å². The first-order valence-electron chi connectivity index (χ1n) is 8.46. The van der Waals surface area contributed by atoms with Gasteiger partial charge in [-0.3, -0.25) is 9.69 Å². The van der Waals surface area contributed by atoms with Crippen molar-refractivity contribution in [3.05, 3.63) is 0 Å². The van der Waals surface area contributed by atoms with Crippen molar-refractivity contribution in [3.8, 4) is 0 Å². The van der Waals surface area contributed by atoms with E-state index >= 15 is 0 Å². The van der Waals surface area contributed by atoms with E-state index in [9.17, 15) is 4.79 Å². The van der Waals surface area contributed by atoms with Crippen LogP contribution in [0.15, 0.2) is 0 Å². The Hall–Kier alpha value is -0.610. The average molecular weight is 281 g/mol. The molecular formula is C16H31N3O. The second-order valence-electron chi connectivity index (χ2n) is 6.57. The van der Waals surface area contributed by atoms with Gasteiger partial charge in [-0.15, -0.1) is 0 Å². The van der Waals surface area contributed by atoms with Crippen LogP contribution in [0.2, 0.25) is 0 Å². The molecule has 1 atom stereocenters. The smallest absolute Gasteiger partial charge is 0.236 e. The molecule has 1 aliphatic heterocycles. The quantitative estimate of drug-likeness (QED) is 0.810. The molecule has 0 aromatic carbocycles. The molecule has 0 radical (unpaired) electrons. The van der Waals surface area contributed by atoms with E-state index in [4.69, 9.17) is 5.73 Å². The van der Waals surface area contributed by atoms with Gasteiger partial charge < -0.3 is 11.1 Å². The SMILES string of the molecule is CC[C@@H](N)C(=O)NCC1(N2CCCCC2)CCCCC1. The fourth-order valence-electron chi connectivity index (χ4n) is 3.75. The number of hydrogen-bond donors (Lipinski definition) is 2. The van der Waals surface area contributed by atoms with E-state index in [0.29, 0.717) is 6.42 Å². The van der Waals surface area contributed by atoms with Crippen LogP contribution >= 0.6 is 0 Å². The van der Waals surface area contributed by atoms with E-state index in [-0.39, 0.29) is 17.5 Å². The first kappa shape index (κ1) is 15.8. The van der Waals surface area contributed by atoms with Gasteiger partial charge in [0.05, 0.1) is 6.04 Å². The zero-order valence-corrected chi connectivity index (χ0v) is 13.0. The second kappa shape index (κ2) is 7.41. The highest BCUT2D eigenvalue weighted by Gasteiger charge is 2.38. The number of piperidine rings is 1. The van der Waals surface area contributed by atoms with Gasteiger partial charge in [-0.1, -0.05) is 32.6 Å². The topological polar surface area (TPSA) is 58.4 Å². The van der Waals surface area contributed by atoms with Crippen molar-refractivity contribution in [1.82, 2.24) is 10.2 Å². The van der Waals surface area contributed by atoms with Crippen molar-refractivity contribution in [1.29, 1.82) is 0 Å². The van der Waals surface area contributed by atoms with E-state index in [0.717, 1.165) is 6.54 Å². The van der Waals surface area contributed by atoms with Gasteiger partial charge in [-0.25, -0.2) is 0 Å². The zero-order valence-electron chi connectivity index (χ0n) is 13.0. The Balaban J connectivity index is 1.97. The minimum Gasteiger partial charge on any atom is -0.353 e. The summed E-state index contributed by atoms with van der Waals surface area (Å²) in [6.45, 7) is 5.16.